The van der Waals surface area contributed by atoms with E-state index in [1.807, 2.05) is 0 Å². The molecule has 0 bridgehead atoms. The predicted molar refractivity (Wildman–Crippen MR) is 386 cm³/mol. The fourth-order valence-electron chi connectivity index (χ4n) is 9.08. The first-order chi connectivity index (χ1) is 49.8. The normalized spacial score (nSPS) is 11.2. The van der Waals surface area contributed by atoms with E-state index < -0.39 is 17.9 Å². The van der Waals surface area contributed by atoms with Crippen molar-refractivity contribution in [1.29, 1.82) is 5.53 Å². The van der Waals surface area contributed by atoms with Gasteiger partial charge in [-0.15, -0.1) is 32.0 Å². The summed E-state index contributed by atoms with van der Waals surface area (Å²) in [5.74, 6) is -4.56. The summed E-state index contributed by atoms with van der Waals surface area (Å²) in [5.41, 5.74) is 18.2. The van der Waals surface area contributed by atoms with Crippen LogP contribution in [0, 0.1) is 68.1 Å². The van der Waals surface area contributed by atoms with E-state index in [0.717, 1.165) is 25.9 Å². The summed E-state index contributed by atoms with van der Waals surface area (Å²) in [5, 5.41) is 45.9. The Balaban J connectivity index is 0.000000632. The topological polar surface area (TPSA) is 386 Å². The molecule has 2 fully saturated rings. The summed E-state index contributed by atoms with van der Waals surface area (Å²) >= 11 is 5.46. The van der Waals surface area contributed by atoms with Crippen LogP contribution < -0.4 is 34.8 Å². The minimum Gasteiger partial charge on any atom is -0.870 e. The average molecular weight is 1520 g/mol. The number of Topliss-reactive ketones (excluding diaryl/α,β-unsaturated/α-hetero) is 3. The van der Waals surface area contributed by atoms with Crippen LogP contribution in [-0.2, 0) is 19.1 Å². The van der Waals surface area contributed by atoms with Gasteiger partial charge in [0.2, 0.25) is 4.91 Å². The number of carboxylic acid groups (broad SMARTS) is 1. The average Bonchev–Trinajstić information content (AvgIpc) is 1.69. The number of esters is 2. The Morgan fingerprint density at radius 1 is 0.528 bits per heavy atom. The Hall–Kier alpha value is -11.2. The van der Waals surface area contributed by atoms with Gasteiger partial charge in [0.1, 0.15) is 52.6 Å². The maximum atomic E-state index is 13.0. The predicted octanol–water partition coefficient (Wildman–Crippen LogP) is 9.85. The van der Waals surface area contributed by atoms with Crippen molar-refractivity contribution in [3.05, 3.63) is 226 Å². The summed E-state index contributed by atoms with van der Waals surface area (Å²) in [6, 6.07) is 34.2. The molecular formula is C72H85ClF6LiN18O10+. The fraction of sp³-hybridized carbons (Fsp3) is 0.306. The first-order valence-corrected chi connectivity index (χ1v) is 32.5. The minimum absolute atomic E-state index is 0. The number of nitrogens with one attached hydrogen (secondary N) is 2. The molecule has 6 N–H and O–H groups in total. The number of nitrogens with zero attached hydrogens (tertiary/aromatic N) is 15. The molecule has 0 aliphatic carbocycles. The monoisotopic (exact) mass is 1520 g/mol. The maximum absolute atomic E-state index is 13.0. The summed E-state index contributed by atoms with van der Waals surface area (Å²) in [7, 11) is 0. The van der Waals surface area contributed by atoms with Crippen molar-refractivity contribution in [1.82, 2.24) is 75.1 Å². The number of hydrogen-bond donors (Lipinski definition) is 4. The van der Waals surface area contributed by atoms with Crippen LogP contribution in [0.5, 0.6) is 0 Å². The van der Waals surface area contributed by atoms with Gasteiger partial charge in [-0.3, -0.25) is 24.1 Å². The van der Waals surface area contributed by atoms with E-state index in [0.29, 0.717) is 75.7 Å². The number of ketones is 3. The van der Waals surface area contributed by atoms with Crippen molar-refractivity contribution >= 4 is 58.2 Å². The van der Waals surface area contributed by atoms with Gasteiger partial charge in [-0.05, 0) is 246 Å². The molecule has 2 aliphatic heterocycles. The number of benzene rings is 6. The van der Waals surface area contributed by atoms with Crippen LogP contribution in [-0.4, -0.2) is 163 Å². The summed E-state index contributed by atoms with van der Waals surface area (Å²) in [4.78, 5) is 71.6. The second-order valence-corrected chi connectivity index (χ2v) is 22.3. The molecule has 0 spiro atoms. The van der Waals surface area contributed by atoms with Gasteiger partial charge in [-0.2, -0.15) is 0 Å². The molecule has 0 unspecified atom stereocenters. The second kappa shape index (κ2) is 49.5. The van der Waals surface area contributed by atoms with Gasteiger partial charge in [0.05, 0.1) is 71.2 Å². The molecule has 0 amide bonds. The summed E-state index contributed by atoms with van der Waals surface area (Å²) < 4.78 is 90.7. The molecule has 2 saturated heterocycles. The maximum Gasteiger partial charge on any atom is 1.00 e. The van der Waals surface area contributed by atoms with Crippen molar-refractivity contribution in [2.75, 3.05) is 57.6 Å². The number of carbonyl (C=O) groups is 6. The molecule has 0 saturated carbocycles. The number of aromatic carboxylic acids is 1. The number of alkyl halides is 1. The van der Waals surface area contributed by atoms with Crippen LogP contribution in [0.4, 0.5) is 37.7 Å². The molecule has 2 aliphatic rings. The van der Waals surface area contributed by atoms with E-state index in [-0.39, 0.29) is 127 Å². The number of likely N-dealkylation sites (tertiary alicyclic amines) is 1. The Labute approximate surface area is 636 Å². The summed E-state index contributed by atoms with van der Waals surface area (Å²) in [6.07, 6.45) is 4.97. The second-order valence-electron chi connectivity index (χ2n) is 22.0. The van der Waals surface area contributed by atoms with Crippen molar-refractivity contribution in [2.45, 2.75) is 95.4 Å². The van der Waals surface area contributed by atoms with E-state index in [1.54, 1.807) is 82.6 Å². The SMILES string of the molecule is C.C.C1CCNC1.CCOC(=O)CC(C)=O.CCOC(=O)c1nnn(-c2ccc(F)cc2)c1C.Cc1c(C(=O)CCl)nnn1-c1ccc(F)cc1.Cc1c(C(=O)CN2CCCC2)nnn1-c1ccc(F)cc1.Cc1c(C(=O)O)nnn1-c1ccc(F)cc1.N=[N+]=Nc1ccc(F)cc1.Nc1ccc(F)cc1.[Li+].[OH-]. The van der Waals surface area contributed by atoms with E-state index in [9.17, 15) is 55.1 Å². The number of anilines is 1. The van der Waals surface area contributed by atoms with Crippen LogP contribution in [0.2, 0.25) is 0 Å². The Kier molecular flexibility index (Phi) is 43.5. The quantitative estimate of drug-likeness (QED) is 0.00804. The molecule has 108 heavy (non-hydrogen) atoms. The molecule has 0 atom stereocenters. The number of carbonyl (C=O) groups excluding carboxylic acids is 5. The molecule has 572 valence electrons. The molecule has 28 nitrogen and oxygen atoms in total. The van der Waals surface area contributed by atoms with E-state index in [2.05, 4.69) is 66.2 Å². The molecule has 6 aromatic carbocycles. The van der Waals surface area contributed by atoms with E-state index >= 15 is 0 Å². The number of halogens is 7. The third-order valence-electron chi connectivity index (χ3n) is 14.3. The standard InChI is InChI=1S/C15H17FN4O.C12H12FN3O2.C11H9ClFN3O.C10H8FN3O2.C6H5FN3.C6H6FN.C6H10O3.C4H9N.2CH4.Li.H2O/c1-11-15(14(21)10-19-8-2-3-9-19)17-18-20(11)13-6-4-12(16)5-7-13;1-3-18-12(17)11-8(2)16(15-14-11)10-6-4-9(13)5-7-10;1-7-11(10(17)6-12)14-15-16(7)9-4-2-8(13)3-5-9;1-6-9(10(15)16)12-13-14(6)8-4-2-7(11)3-5-8;7-5-1-3-6(4-2-5)9-10-8;7-5-1-3-6(8)4-2-5;1-3-9-6(8)4-5(2)7;1-2-4-5-3-1;;;;/h4-7H,2-3,8-10H2,1H3;4-7H,3H2,1-2H3;2-5H,6H2,1H3;2-5H,1H3,(H,15,16);1-4,8H;1-4H,8H2;3-4H2,1-2H3;5H,1-4H2;2*1H4;;1H2/q;;;;+1;;;;;;+1;/p-1. The van der Waals surface area contributed by atoms with Gasteiger partial charge in [-0.1, -0.05) is 35.7 Å². The zero-order chi connectivity index (χ0) is 76.3. The van der Waals surface area contributed by atoms with Crippen LogP contribution in [0.1, 0.15) is 132 Å². The van der Waals surface area contributed by atoms with Crippen molar-refractivity contribution in [2.24, 2.45) is 5.11 Å². The van der Waals surface area contributed by atoms with E-state index in [1.165, 1.54) is 156 Å². The van der Waals surface area contributed by atoms with Crippen molar-refractivity contribution in [3.8, 4) is 22.7 Å². The fourth-order valence-corrected chi connectivity index (χ4v) is 9.20. The zero-order valence-corrected chi connectivity index (χ0v) is 59.9. The number of nitrogens with two attached hydrogens (primary N) is 1. The van der Waals surface area contributed by atoms with Gasteiger partial charge >= 0.3 is 36.8 Å². The number of carboxylic acids is 1. The molecule has 4 aromatic heterocycles. The number of ether oxygens (including phenoxy) is 2. The largest absolute Gasteiger partial charge is 1.00 e. The number of nitrogen functional groups attached to an aromatic ring is 1. The molecule has 10 aromatic rings. The third-order valence-corrected chi connectivity index (χ3v) is 14.5. The van der Waals surface area contributed by atoms with Crippen LogP contribution >= 0.6 is 11.6 Å². The zero-order valence-electron chi connectivity index (χ0n) is 59.1. The third kappa shape index (κ3) is 31.1. The number of aromatic nitrogens is 12. The van der Waals surface area contributed by atoms with E-state index in [4.69, 9.17) is 32.7 Å². The van der Waals surface area contributed by atoms with Gasteiger partial charge in [0.15, 0.2) is 45.1 Å². The van der Waals surface area contributed by atoms with Gasteiger partial charge in [0, 0.05) is 5.69 Å². The summed E-state index contributed by atoms with van der Waals surface area (Å²) in [6.45, 7) is 17.0. The van der Waals surface area contributed by atoms with Gasteiger partial charge in [0.25, 0.3) is 0 Å². The molecular weight excluding hydrogens is 1430 g/mol. The smallest absolute Gasteiger partial charge is 0.870 e. The van der Waals surface area contributed by atoms with Crippen molar-refractivity contribution < 1.29 is 94.0 Å². The van der Waals surface area contributed by atoms with Gasteiger partial charge in [-0.25, -0.2) is 54.7 Å². The number of hydrogen-bond acceptors (Lipinski definition) is 22. The number of rotatable bonds is 16. The first kappa shape index (κ1) is 94.8. The molecule has 6 heterocycles. The first-order valence-electron chi connectivity index (χ1n) is 32.0. The van der Waals surface area contributed by atoms with Crippen LogP contribution in [0.15, 0.2) is 151 Å². The molecule has 12 rings (SSSR count). The Bertz CT molecular complexity index is 4420. The van der Waals surface area contributed by atoms with Crippen LogP contribution in [0.25, 0.3) is 22.7 Å². The van der Waals surface area contributed by atoms with Crippen molar-refractivity contribution in [3.63, 3.8) is 0 Å². The Morgan fingerprint density at radius 3 is 1.16 bits per heavy atom. The van der Waals surface area contributed by atoms with Crippen LogP contribution in [0.3, 0.4) is 0 Å². The minimum atomic E-state index is -1.13. The molecule has 36 heteroatoms. The molecule has 0 radical (unpaired) electrons. The van der Waals surface area contributed by atoms with Gasteiger partial charge < -0.3 is 31.1 Å². The Morgan fingerprint density at radius 2 is 0.852 bits per heavy atom.